The standard InChI is InChI=1S/C22H31N3O5/c1-3-29-18-13-16-17(14-19(18)30-4-2)24-22(28)25(21(16)27)12-8-11-20(26)23-15-9-6-5-7-10-15/h13-15H,3-12H2,1-2H3,(H,23,26)(H,24,28). The largest absolute Gasteiger partial charge is 0.490 e. The molecule has 1 aliphatic carbocycles. The molecule has 164 valence electrons. The minimum absolute atomic E-state index is 0.0212. The van der Waals surface area contributed by atoms with E-state index in [1.54, 1.807) is 12.1 Å². The molecule has 1 aliphatic rings. The molecule has 1 aromatic carbocycles. The Morgan fingerprint density at radius 1 is 1.10 bits per heavy atom. The van der Waals surface area contributed by atoms with E-state index in [0.29, 0.717) is 42.0 Å². The number of carbonyl (C=O) groups excluding carboxylic acids is 1. The molecule has 0 unspecified atom stereocenters. The molecule has 0 aliphatic heterocycles. The molecule has 1 heterocycles. The monoisotopic (exact) mass is 417 g/mol. The molecule has 1 aromatic heterocycles. The fourth-order valence-corrected chi connectivity index (χ4v) is 3.94. The van der Waals surface area contributed by atoms with E-state index in [-0.39, 0.29) is 24.9 Å². The third kappa shape index (κ3) is 5.23. The Morgan fingerprint density at radius 2 is 1.77 bits per heavy atom. The molecule has 0 saturated heterocycles. The van der Waals surface area contributed by atoms with Gasteiger partial charge in [-0.2, -0.15) is 0 Å². The summed E-state index contributed by atoms with van der Waals surface area (Å²) in [5.41, 5.74) is -0.486. The molecular weight excluding hydrogens is 386 g/mol. The average Bonchev–Trinajstić information content (AvgIpc) is 2.72. The molecule has 2 aromatic rings. The fourth-order valence-electron chi connectivity index (χ4n) is 3.94. The highest BCUT2D eigenvalue weighted by molar-refractivity contribution is 5.81. The molecule has 1 saturated carbocycles. The van der Waals surface area contributed by atoms with Crippen LogP contribution in [0.2, 0.25) is 0 Å². The lowest BCUT2D eigenvalue weighted by molar-refractivity contribution is -0.122. The highest BCUT2D eigenvalue weighted by Crippen LogP contribution is 2.30. The van der Waals surface area contributed by atoms with Gasteiger partial charge in [-0.15, -0.1) is 0 Å². The van der Waals surface area contributed by atoms with Gasteiger partial charge in [0, 0.05) is 25.1 Å². The maximum atomic E-state index is 12.9. The number of carbonyl (C=O) groups is 1. The summed E-state index contributed by atoms with van der Waals surface area (Å²) in [6, 6.07) is 3.48. The number of H-pyrrole nitrogens is 1. The first-order valence-electron chi connectivity index (χ1n) is 10.9. The Bertz CT molecular complexity index is 989. The maximum absolute atomic E-state index is 12.9. The average molecular weight is 418 g/mol. The molecule has 8 heteroatoms. The number of aromatic amines is 1. The van der Waals surface area contributed by atoms with Crippen LogP contribution in [0, 0.1) is 0 Å². The summed E-state index contributed by atoms with van der Waals surface area (Å²) in [5.74, 6) is 0.931. The summed E-state index contributed by atoms with van der Waals surface area (Å²) in [5, 5.41) is 3.42. The van der Waals surface area contributed by atoms with E-state index in [2.05, 4.69) is 10.3 Å². The van der Waals surface area contributed by atoms with Crippen molar-refractivity contribution in [3.05, 3.63) is 33.0 Å². The van der Waals surface area contributed by atoms with E-state index >= 15 is 0 Å². The fraction of sp³-hybridized carbons (Fsp3) is 0.591. The number of nitrogens with zero attached hydrogens (tertiary/aromatic N) is 1. The van der Waals surface area contributed by atoms with Gasteiger partial charge in [0.15, 0.2) is 11.5 Å². The van der Waals surface area contributed by atoms with Crippen LogP contribution in [-0.2, 0) is 11.3 Å². The number of nitrogens with one attached hydrogen (secondary N) is 2. The van der Waals surface area contributed by atoms with Crippen LogP contribution >= 0.6 is 0 Å². The number of hydrogen-bond acceptors (Lipinski definition) is 5. The topological polar surface area (TPSA) is 102 Å². The SMILES string of the molecule is CCOc1cc2[nH]c(=O)n(CCCC(=O)NC3CCCCC3)c(=O)c2cc1OCC. The number of amides is 1. The Hall–Kier alpha value is -2.77. The summed E-state index contributed by atoms with van der Waals surface area (Å²) >= 11 is 0. The highest BCUT2D eigenvalue weighted by Gasteiger charge is 2.16. The zero-order valence-corrected chi connectivity index (χ0v) is 17.8. The van der Waals surface area contributed by atoms with Gasteiger partial charge in [0.2, 0.25) is 5.91 Å². The first kappa shape index (κ1) is 21.9. The van der Waals surface area contributed by atoms with Crippen LogP contribution in [0.4, 0.5) is 0 Å². The van der Waals surface area contributed by atoms with Crippen LogP contribution in [0.5, 0.6) is 11.5 Å². The van der Waals surface area contributed by atoms with Gasteiger partial charge < -0.3 is 19.8 Å². The van der Waals surface area contributed by atoms with Crippen molar-refractivity contribution in [2.75, 3.05) is 13.2 Å². The lowest BCUT2D eigenvalue weighted by Gasteiger charge is -2.22. The van der Waals surface area contributed by atoms with Crippen molar-refractivity contribution in [3.63, 3.8) is 0 Å². The Morgan fingerprint density at radius 3 is 2.43 bits per heavy atom. The molecule has 3 rings (SSSR count). The van der Waals surface area contributed by atoms with Crippen LogP contribution in [-0.4, -0.2) is 34.7 Å². The lowest BCUT2D eigenvalue weighted by Crippen LogP contribution is -2.37. The van der Waals surface area contributed by atoms with Crippen molar-refractivity contribution in [2.45, 2.75) is 71.4 Å². The van der Waals surface area contributed by atoms with Crippen molar-refractivity contribution >= 4 is 16.8 Å². The zero-order chi connectivity index (χ0) is 21.5. The van der Waals surface area contributed by atoms with Crippen molar-refractivity contribution in [1.29, 1.82) is 0 Å². The van der Waals surface area contributed by atoms with E-state index in [4.69, 9.17) is 9.47 Å². The molecule has 8 nitrogen and oxygen atoms in total. The van der Waals surface area contributed by atoms with Crippen LogP contribution in [0.15, 0.2) is 21.7 Å². The smallest absolute Gasteiger partial charge is 0.328 e. The first-order chi connectivity index (χ1) is 14.5. The summed E-state index contributed by atoms with van der Waals surface area (Å²) in [6.45, 7) is 4.75. The molecule has 2 N–H and O–H groups in total. The van der Waals surface area contributed by atoms with Gasteiger partial charge in [-0.25, -0.2) is 4.79 Å². The normalized spacial score (nSPS) is 14.6. The number of rotatable bonds is 9. The van der Waals surface area contributed by atoms with Gasteiger partial charge in [0.05, 0.1) is 24.1 Å². The third-order valence-corrected chi connectivity index (χ3v) is 5.40. The molecule has 0 radical (unpaired) electrons. The summed E-state index contributed by atoms with van der Waals surface area (Å²) in [6.07, 6.45) is 6.30. The predicted octanol–water partition coefficient (Wildman–Crippen LogP) is 2.72. The first-order valence-corrected chi connectivity index (χ1v) is 10.9. The quantitative estimate of drug-likeness (QED) is 0.653. The second-order valence-corrected chi connectivity index (χ2v) is 7.60. The minimum atomic E-state index is -0.494. The van der Waals surface area contributed by atoms with Gasteiger partial charge in [0.1, 0.15) is 0 Å². The molecule has 0 atom stereocenters. The van der Waals surface area contributed by atoms with Crippen molar-refractivity contribution in [3.8, 4) is 11.5 Å². The van der Waals surface area contributed by atoms with Crippen molar-refractivity contribution < 1.29 is 14.3 Å². The summed E-state index contributed by atoms with van der Waals surface area (Å²) in [4.78, 5) is 40.3. The van der Waals surface area contributed by atoms with E-state index in [1.807, 2.05) is 13.8 Å². The van der Waals surface area contributed by atoms with E-state index in [1.165, 1.54) is 6.42 Å². The van der Waals surface area contributed by atoms with Gasteiger partial charge in [-0.1, -0.05) is 19.3 Å². The van der Waals surface area contributed by atoms with Crippen LogP contribution in [0.1, 0.15) is 58.8 Å². The summed E-state index contributed by atoms with van der Waals surface area (Å²) < 4.78 is 12.3. The highest BCUT2D eigenvalue weighted by atomic mass is 16.5. The molecule has 1 fully saturated rings. The minimum Gasteiger partial charge on any atom is -0.490 e. The Balaban J connectivity index is 1.73. The molecule has 0 bridgehead atoms. The van der Waals surface area contributed by atoms with Crippen molar-refractivity contribution in [1.82, 2.24) is 14.9 Å². The summed E-state index contributed by atoms with van der Waals surface area (Å²) in [7, 11) is 0. The number of hydrogen-bond donors (Lipinski definition) is 2. The van der Waals surface area contributed by atoms with Gasteiger partial charge in [-0.3, -0.25) is 14.2 Å². The van der Waals surface area contributed by atoms with Crippen LogP contribution in [0.25, 0.3) is 10.9 Å². The maximum Gasteiger partial charge on any atom is 0.328 e. The molecule has 1 amide bonds. The molecule has 30 heavy (non-hydrogen) atoms. The zero-order valence-electron chi connectivity index (χ0n) is 17.8. The van der Waals surface area contributed by atoms with Gasteiger partial charge in [-0.05, 0) is 39.2 Å². The second kappa shape index (κ2) is 10.3. The van der Waals surface area contributed by atoms with E-state index < -0.39 is 11.2 Å². The van der Waals surface area contributed by atoms with Crippen LogP contribution < -0.4 is 26.0 Å². The number of fused-ring (bicyclic) bond motifs is 1. The number of ether oxygens (including phenoxy) is 2. The van der Waals surface area contributed by atoms with Gasteiger partial charge >= 0.3 is 5.69 Å². The molecular formula is C22H31N3O5. The number of aromatic nitrogens is 2. The second-order valence-electron chi connectivity index (χ2n) is 7.60. The van der Waals surface area contributed by atoms with E-state index in [9.17, 15) is 14.4 Å². The Kier molecular flexibility index (Phi) is 7.54. The van der Waals surface area contributed by atoms with Crippen molar-refractivity contribution in [2.24, 2.45) is 0 Å². The Labute approximate surface area is 175 Å². The number of benzene rings is 1. The van der Waals surface area contributed by atoms with Crippen LogP contribution in [0.3, 0.4) is 0 Å². The lowest BCUT2D eigenvalue weighted by atomic mass is 9.95. The van der Waals surface area contributed by atoms with Gasteiger partial charge in [0.25, 0.3) is 5.56 Å². The third-order valence-electron chi connectivity index (χ3n) is 5.40. The predicted molar refractivity (Wildman–Crippen MR) is 115 cm³/mol. The van der Waals surface area contributed by atoms with E-state index in [0.717, 1.165) is 30.3 Å². The molecule has 0 spiro atoms.